The van der Waals surface area contributed by atoms with Gasteiger partial charge in [-0.25, -0.2) is 4.79 Å². The van der Waals surface area contributed by atoms with Crippen molar-refractivity contribution in [2.24, 2.45) is 0 Å². The molecule has 0 bridgehead atoms. The number of anilines is 1. The van der Waals surface area contributed by atoms with Gasteiger partial charge < -0.3 is 19.3 Å². The summed E-state index contributed by atoms with van der Waals surface area (Å²) in [5, 5.41) is 8.66. The molecule has 0 heterocycles. The molecule has 0 atom stereocenters. The Bertz CT molecular complexity index is 742. The summed E-state index contributed by atoms with van der Waals surface area (Å²) in [6.45, 7) is 5.49. The van der Waals surface area contributed by atoms with E-state index in [0.29, 0.717) is 31.7 Å². The molecule has 0 unspecified atom stereocenters. The van der Waals surface area contributed by atoms with Crippen LogP contribution in [-0.4, -0.2) is 62.5 Å². The smallest absolute Gasteiger partial charge is 0.338 e. The van der Waals surface area contributed by atoms with Crippen molar-refractivity contribution < 1.29 is 33.7 Å². The summed E-state index contributed by atoms with van der Waals surface area (Å²) in [6, 6.07) is 6.52. The fourth-order valence-electron chi connectivity index (χ4n) is 3.85. The first-order chi connectivity index (χ1) is 18.0. The molecule has 1 N–H and O–H groups in total. The molecule has 1 rings (SSSR count). The van der Waals surface area contributed by atoms with Crippen LogP contribution in [0.3, 0.4) is 0 Å². The van der Waals surface area contributed by atoms with Crippen LogP contribution >= 0.6 is 0 Å². The van der Waals surface area contributed by atoms with E-state index in [1.807, 2.05) is 0 Å². The lowest BCUT2D eigenvalue weighted by Gasteiger charge is -2.22. The first-order valence-corrected chi connectivity index (χ1v) is 13.9. The third kappa shape index (κ3) is 14.9. The molecule has 0 fully saturated rings. The molecule has 1 aromatic rings. The van der Waals surface area contributed by atoms with Crippen molar-refractivity contribution in [3.63, 3.8) is 0 Å². The summed E-state index contributed by atoms with van der Waals surface area (Å²) in [4.78, 5) is 40.1. The topological polar surface area (TPSA) is 102 Å². The van der Waals surface area contributed by atoms with Gasteiger partial charge in [-0.15, -0.1) is 0 Å². The van der Waals surface area contributed by atoms with Crippen LogP contribution in [0.4, 0.5) is 5.69 Å². The minimum Gasteiger partial charge on any atom is -0.460 e. The van der Waals surface area contributed by atoms with E-state index in [1.165, 1.54) is 4.90 Å². The molecule has 37 heavy (non-hydrogen) atoms. The van der Waals surface area contributed by atoms with Crippen LogP contribution in [-0.2, 0) is 23.8 Å². The standard InChI is InChI=1S/C29H47NO7/c1-3-5-7-9-11-16-27(32)30(28(33)17-12-10-8-6-4-2)26-15-13-14-25(24-26)29(34)37-23-22-36-21-20-35-19-18-31/h13-15,24,31H,3-12,16-23H2,1-2H3. The fourth-order valence-corrected chi connectivity index (χ4v) is 3.85. The number of ether oxygens (including phenoxy) is 3. The van der Waals surface area contributed by atoms with Crippen LogP contribution in [0.25, 0.3) is 0 Å². The Hall–Kier alpha value is -2.29. The molecular weight excluding hydrogens is 474 g/mol. The molecule has 8 nitrogen and oxygen atoms in total. The largest absolute Gasteiger partial charge is 0.460 e. The maximum atomic E-state index is 13.1. The quantitative estimate of drug-likeness (QED) is 0.160. The van der Waals surface area contributed by atoms with E-state index in [4.69, 9.17) is 19.3 Å². The van der Waals surface area contributed by atoms with E-state index in [-0.39, 0.29) is 43.8 Å². The van der Waals surface area contributed by atoms with E-state index in [9.17, 15) is 14.4 Å². The van der Waals surface area contributed by atoms with Crippen LogP contribution in [0.2, 0.25) is 0 Å². The number of imide groups is 1. The second-order valence-electron chi connectivity index (χ2n) is 9.09. The molecule has 0 radical (unpaired) electrons. The number of aliphatic hydroxyl groups is 1. The number of nitrogens with zero attached hydrogens (tertiary/aromatic N) is 1. The van der Waals surface area contributed by atoms with Gasteiger partial charge in [0.15, 0.2) is 0 Å². The minimum atomic E-state index is -0.541. The Morgan fingerprint density at radius 1 is 0.730 bits per heavy atom. The molecule has 0 aliphatic rings. The predicted octanol–water partition coefficient (Wildman–Crippen LogP) is 5.45. The number of unbranched alkanes of at least 4 members (excludes halogenated alkanes) is 8. The number of aliphatic hydroxyl groups excluding tert-OH is 1. The fraction of sp³-hybridized carbons (Fsp3) is 0.690. The zero-order chi connectivity index (χ0) is 27.1. The molecule has 0 aromatic heterocycles. The van der Waals surface area contributed by atoms with Gasteiger partial charge in [0.05, 0.1) is 44.3 Å². The number of esters is 1. The van der Waals surface area contributed by atoms with E-state index in [1.54, 1.807) is 24.3 Å². The van der Waals surface area contributed by atoms with E-state index in [2.05, 4.69) is 13.8 Å². The molecule has 0 saturated carbocycles. The van der Waals surface area contributed by atoms with E-state index in [0.717, 1.165) is 64.2 Å². The maximum absolute atomic E-state index is 13.1. The van der Waals surface area contributed by atoms with Gasteiger partial charge in [0.2, 0.25) is 11.8 Å². The monoisotopic (exact) mass is 521 g/mol. The van der Waals surface area contributed by atoms with E-state index >= 15 is 0 Å². The second kappa shape index (κ2) is 21.8. The van der Waals surface area contributed by atoms with Crippen LogP contribution < -0.4 is 4.90 Å². The summed E-state index contributed by atoms with van der Waals surface area (Å²) in [5.74, 6) is -0.990. The molecule has 2 amide bonds. The van der Waals surface area contributed by atoms with Gasteiger partial charge in [-0.3, -0.25) is 14.5 Å². The predicted molar refractivity (Wildman–Crippen MR) is 145 cm³/mol. The van der Waals surface area contributed by atoms with Crippen molar-refractivity contribution >= 4 is 23.5 Å². The number of benzene rings is 1. The number of amides is 2. The Morgan fingerprint density at radius 2 is 1.27 bits per heavy atom. The molecule has 0 aliphatic heterocycles. The lowest BCUT2D eigenvalue weighted by Crippen LogP contribution is -2.37. The number of hydrogen-bond acceptors (Lipinski definition) is 7. The van der Waals surface area contributed by atoms with Gasteiger partial charge >= 0.3 is 5.97 Å². The molecule has 1 aromatic carbocycles. The van der Waals surface area contributed by atoms with Crippen molar-refractivity contribution in [3.05, 3.63) is 29.8 Å². The van der Waals surface area contributed by atoms with Gasteiger partial charge in [0, 0.05) is 12.8 Å². The third-order valence-corrected chi connectivity index (χ3v) is 5.90. The average Bonchev–Trinajstić information content (AvgIpc) is 2.90. The van der Waals surface area contributed by atoms with Gasteiger partial charge in [0.25, 0.3) is 0 Å². The van der Waals surface area contributed by atoms with Crippen molar-refractivity contribution in [1.82, 2.24) is 0 Å². The van der Waals surface area contributed by atoms with Gasteiger partial charge in [-0.05, 0) is 31.0 Å². The Morgan fingerprint density at radius 3 is 1.84 bits per heavy atom. The van der Waals surface area contributed by atoms with Crippen LogP contribution in [0, 0.1) is 0 Å². The SMILES string of the molecule is CCCCCCCC(=O)N(C(=O)CCCCCCC)c1cccc(C(=O)OCCOCCOCCO)c1. The average molecular weight is 522 g/mol. The highest BCUT2D eigenvalue weighted by atomic mass is 16.6. The highest BCUT2D eigenvalue weighted by molar-refractivity contribution is 6.15. The summed E-state index contributed by atoms with van der Waals surface area (Å²) in [5.41, 5.74) is 0.684. The zero-order valence-corrected chi connectivity index (χ0v) is 22.9. The van der Waals surface area contributed by atoms with E-state index < -0.39 is 5.97 Å². The van der Waals surface area contributed by atoms with Crippen LogP contribution in [0.5, 0.6) is 0 Å². The number of hydrogen-bond donors (Lipinski definition) is 1. The third-order valence-electron chi connectivity index (χ3n) is 5.90. The van der Waals surface area contributed by atoms with Crippen molar-refractivity contribution in [3.8, 4) is 0 Å². The summed E-state index contributed by atoms with van der Waals surface area (Å²) >= 11 is 0. The molecule has 0 spiro atoms. The highest BCUT2D eigenvalue weighted by Crippen LogP contribution is 2.21. The molecule has 8 heteroatoms. The highest BCUT2D eigenvalue weighted by Gasteiger charge is 2.23. The van der Waals surface area contributed by atoms with Gasteiger partial charge in [-0.1, -0.05) is 71.3 Å². The second-order valence-corrected chi connectivity index (χ2v) is 9.09. The van der Waals surface area contributed by atoms with Crippen LogP contribution in [0.1, 0.15) is 101 Å². The normalized spacial score (nSPS) is 10.9. The lowest BCUT2D eigenvalue weighted by atomic mass is 10.1. The number of carbonyl (C=O) groups excluding carboxylic acids is 3. The lowest BCUT2D eigenvalue weighted by molar-refractivity contribution is -0.126. The summed E-state index contributed by atoms with van der Waals surface area (Å²) in [7, 11) is 0. The summed E-state index contributed by atoms with van der Waals surface area (Å²) < 4.78 is 15.7. The Balaban J connectivity index is 2.74. The van der Waals surface area contributed by atoms with Crippen molar-refractivity contribution in [1.29, 1.82) is 0 Å². The summed E-state index contributed by atoms with van der Waals surface area (Å²) in [6.07, 6.45) is 10.7. The van der Waals surface area contributed by atoms with Crippen molar-refractivity contribution in [2.45, 2.75) is 90.9 Å². The molecular formula is C29H47NO7. The number of rotatable bonds is 22. The van der Waals surface area contributed by atoms with Crippen molar-refractivity contribution in [2.75, 3.05) is 44.5 Å². The zero-order valence-electron chi connectivity index (χ0n) is 22.9. The first-order valence-electron chi connectivity index (χ1n) is 13.9. The first kappa shape index (κ1) is 32.7. The van der Waals surface area contributed by atoms with Crippen LogP contribution in [0.15, 0.2) is 24.3 Å². The molecule has 0 aliphatic carbocycles. The van der Waals surface area contributed by atoms with Gasteiger partial charge in [0.1, 0.15) is 6.61 Å². The number of carbonyl (C=O) groups is 3. The van der Waals surface area contributed by atoms with Gasteiger partial charge in [-0.2, -0.15) is 0 Å². The molecule has 0 saturated heterocycles. The minimum absolute atomic E-state index is 0.0385. The molecule has 210 valence electrons. The Labute approximate surface area is 222 Å². The maximum Gasteiger partial charge on any atom is 0.338 e. The Kier molecular flexibility index (Phi) is 19.3.